The summed E-state index contributed by atoms with van der Waals surface area (Å²) in [6, 6.07) is 21.2. The Bertz CT molecular complexity index is 1150. The van der Waals surface area contributed by atoms with Crippen molar-refractivity contribution in [2.24, 2.45) is 0 Å². The Balaban J connectivity index is 1.74. The van der Waals surface area contributed by atoms with Crippen LogP contribution >= 0.6 is 46.4 Å². The van der Waals surface area contributed by atoms with E-state index in [1.54, 1.807) is 48.5 Å². The quantitative estimate of drug-likeness (QED) is 0.276. The van der Waals surface area contributed by atoms with E-state index in [0.29, 0.717) is 20.1 Å². The van der Waals surface area contributed by atoms with Crippen molar-refractivity contribution in [3.63, 3.8) is 0 Å². The average Bonchev–Trinajstić information content (AvgIpc) is 2.76. The van der Waals surface area contributed by atoms with Crippen LogP contribution in [0.4, 0.5) is 0 Å². The fourth-order valence-corrected chi connectivity index (χ4v) is 5.50. The standard InChI is InChI=1S/C27H20Cl4O2/c1-2-21(17-11-22(28)26(23(29)12-17)15-3-7-19(32)8-4-15)18-13-24(30)27(25(31)14-18)16-5-9-20(33)10-6-16/h3-14,21,32-33H,2H2,1H3. The van der Waals surface area contributed by atoms with Crippen molar-refractivity contribution in [2.45, 2.75) is 19.3 Å². The molecule has 0 unspecified atom stereocenters. The van der Waals surface area contributed by atoms with Gasteiger partial charge in [-0.15, -0.1) is 0 Å². The molecule has 0 saturated heterocycles. The Morgan fingerprint density at radius 3 is 1.15 bits per heavy atom. The number of aromatic hydroxyl groups is 2. The van der Waals surface area contributed by atoms with E-state index in [-0.39, 0.29) is 17.4 Å². The Morgan fingerprint density at radius 1 is 0.576 bits per heavy atom. The molecule has 0 heterocycles. The average molecular weight is 518 g/mol. The maximum absolute atomic E-state index is 9.57. The highest BCUT2D eigenvalue weighted by Crippen LogP contribution is 2.43. The molecule has 4 rings (SSSR count). The molecule has 0 fully saturated rings. The lowest BCUT2D eigenvalue weighted by atomic mass is 9.87. The van der Waals surface area contributed by atoms with Gasteiger partial charge in [0.05, 0.1) is 20.1 Å². The lowest BCUT2D eigenvalue weighted by Crippen LogP contribution is -2.01. The number of phenolic OH excluding ortho intramolecular Hbond substituents is 2. The molecule has 168 valence electrons. The molecular weight excluding hydrogens is 498 g/mol. The summed E-state index contributed by atoms with van der Waals surface area (Å²) in [5.41, 5.74) is 5.00. The fraction of sp³-hybridized carbons (Fsp3) is 0.111. The number of rotatable bonds is 5. The zero-order valence-electron chi connectivity index (χ0n) is 17.6. The van der Waals surface area contributed by atoms with Crippen LogP contribution in [-0.4, -0.2) is 10.2 Å². The van der Waals surface area contributed by atoms with Crippen molar-refractivity contribution >= 4 is 46.4 Å². The molecule has 0 aliphatic rings. The maximum atomic E-state index is 9.57. The predicted octanol–water partition coefficient (Wildman–Crippen LogP) is 9.59. The molecule has 0 atom stereocenters. The molecule has 0 bridgehead atoms. The minimum absolute atomic E-state index is 0.0160. The van der Waals surface area contributed by atoms with Gasteiger partial charge in [0.25, 0.3) is 0 Å². The van der Waals surface area contributed by atoms with Gasteiger partial charge in [0.2, 0.25) is 0 Å². The van der Waals surface area contributed by atoms with Gasteiger partial charge in [-0.3, -0.25) is 0 Å². The van der Waals surface area contributed by atoms with Gasteiger partial charge in [0.1, 0.15) is 11.5 Å². The van der Waals surface area contributed by atoms with E-state index in [2.05, 4.69) is 6.92 Å². The molecule has 0 aliphatic heterocycles. The lowest BCUT2D eigenvalue weighted by Gasteiger charge is -2.20. The van der Waals surface area contributed by atoms with Crippen LogP contribution in [0.25, 0.3) is 22.3 Å². The minimum Gasteiger partial charge on any atom is -0.508 e. The molecule has 0 radical (unpaired) electrons. The van der Waals surface area contributed by atoms with Crippen LogP contribution < -0.4 is 0 Å². The van der Waals surface area contributed by atoms with Crippen molar-refractivity contribution in [3.05, 3.63) is 104 Å². The van der Waals surface area contributed by atoms with Crippen LogP contribution in [0.1, 0.15) is 30.4 Å². The normalized spacial score (nSPS) is 11.2. The van der Waals surface area contributed by atoms with Crippen molar-refractivity contribution < 1.29 is 10.2 Å². The fourth-order valence-electron chi connectivity index (χ4n) is 4.06. The summed E-state index contributed by atoms with van der Waals surface area (Å²) in [6.07, 6.45) is 0.788. The van der Waals surface area contributed by atoms with E-state index in [0.717, 1.165) is 39.8 Å². The molecule has 33 heavy (non-hydrogen) atoms. The molecule has 4 aromatic carbocycles. The Labute approximate surface area is 212 Å². The van der Waals surface area contributed by atoms with E-state index >= 15 is 0 Å². The second-order valence-corrected chi connectivity index (χ2v) is 9.40. The van der Waals surface area contributed by atoms with Gasteiger partial charge in [0, 0.05) is 17.0 Å². The molecule has 2 nitrogen and oxygen atoms in total. The largest absolute Gasteiger partial charge is 0.508 e. The third-order valence-electron chi connectivity index (χ3n) is 5.65. The summed E-state index contributed by atoms with van der Waals surface area (Å²) in [4.78, 5) is 0. The molecule has 2 N–H and O–H groups in total. The minimum atomic E-state index is -0.0160. The van der Waals surface area contributed by atoms with Crippen LogP contribution in [0.15, 0.2) is 72.8 Å². The Kier molecular flexibility index (Phi) is 7.11. The summed E-state index contributed by atoms with van der Waals surface area (Å²) >= 11 is 26.6. The number of hydrogen-bond donors (Lipinski definition) is 2. The second kappa shape index (κ2) is 9.87. The van der Waals surface area contributed by atoms with E-state index in [4.69, 9.17) is 46.4 Å². The SMILES string of the molecule is CCC(c1cc(Cl)c(-c2ccc(O)cc2)c(Cl)c1)c1cc(Cl)c(-c2ccc(O)cc2)c(Cl)c1. The smallest absolute Gasteiger partial charge is 0.115 e. The highest BCUT2D eigenvalue weighted by molar-refractivity contribution is 6.40. The maximum Gasteiger partial charge on any atom is 0.115 e. The molecule has 4 aromatic rings. The van der Waals surface area contributed by atoms with Crippen LogP contribution in [0.5, 0.6) is 11.5 Å². The van der Waals surface area contributed by atoms with Crippen molar-refractivity contribution in [1.82, 2.24) is 0 Å². The first-order valence-corrected chi connectivity index (χ1v) is 11.9. The molecule has 6 heteroatoms. The second-order valence-electron chi connectivity index (χ2n) is 7.77. The van der Waals surface area contributed by atoms with Crippen LogP contribution in [-0.2, 0) is 0 Å². The van der Waals surface area contributed by atoms with Gasteiger partial charge in [0.15, 0.2) is 0 Å². The van der Waals surface area contributed by atoms with E-state index in [1.165, 1.54) is 0 Å². The highest BCUT2D eigenvalue weighted by Gasteiger charge is 2.20. The predicted molar refractivity (Wildman–Crippen MR) is 139 cm³/mol. The first kappa shape index (κ1) is 23.8. The summed E-state index contributed by atoms with van der Waals surface area (Å²) in [6.45, 7) is 2.08. The van der Waals surface area contributed by atoms with E-state index < -0.39 is 0 Å². The zero-order valence-corrected chi connectivity index (χ0v) is 20.6. The molecule has 0 saturated carbocycles. The summed E-state index contributed by atoms with van der Waals surface area (Å²) in [5, 5.41) is 21.2. The van der Waals surface area contributed by atoms with Crippen molar-refractivity contribution in [1.29, 1.82) is 0 Å². The summed E-state index contributed by atoms with van der Waals surface area (Å²) < 4.78 is 0. The third-order valence-corrected chi connectivity index (χ3v) is 6.85. The first-order chi connectivity index (χ1) is 15.8. The summed E-state index contributed by atoms with van der Waals surface area (Å²) in [7, 11) is 0. The topological polar surface area (TPSA) is 40.5 Å². The number of hydrogen-bond acceptors (Lipinski definition) is 2. The first-order valence-electron chi connectivity index (χ1n) is 10.3. The van der Waals surface area contributed by atoms with Gasteiger partial charge in [-0.05, 0) is 77.2 Å². The van der Waals surface area contributed by atoms with Crippen LogP contribution in [0, 0.1) is 0 Å². The lowest BCUT2D eigenvalue weighted by molar-refractivity contribution is 0.475. The molecular formula is C27H20Cl4O2. The van der Waals surface area contributed by atoms with Gasteiger partial charge < -0.3 is 10.2 Å². The van der Waals surface area contributed by atoms with Crippen molar-refractivity contribution in [2.75, 3.05) is 0 Å². The highest BCUT2D eigenvalue weighted by atomic mass is 35.5. The van der Waals surface area contributed by atoms with Gasteiger partial charge in [-0.2, -0.15) is 0 Å². The Hall–Kier alpha value is -2.36. The number of halogens is 4. The van der Waals surface area contributed by atoms with E-state index in [9.17, 15) is 10.2 Å². The molecule has 0 amide bonds. The van der Waals surface area contributed by atoms with Crippen LogP contribution in [0.2, 0.25) is 20.1 Å². The molecule has 0 aromatic heterocycles. The summed E-state index contributed by atoms with van der Waals surface area (Å²) in [5.74, 6) is 0.342. The third kappa shape index (κ3) is 4.95. The zero-order chi connectivity index (χ0) is 23.7. The molecule has 0 spiro atoms. The monoisotopic (exact) mass is 516 g/mol. The van der Waals surface area contributed by atoms with Gasteiger partial charge >= 0.3 is 0 Å². The number of phenols is 2. The molecule has 0 aliphatic carbocycles. The number of benzene rings is 4. The van der Waals surface area contributed by atoms with Crippen molar-refractivity contribution in [3.8, 4) is 33.8 Å². The Morgan fingerprint density at radius 2 is 0.879 bits per heavy atom. The van der Waals surface area contributed by atoms with Gasteiger partial charge in [-0.25, -0.2) is 0 Å². The van der Waals surface area contributed by atoms with Gasteiger partial charge in [-0.1, -0.05) is 77.6 Å². The van der Waals surface area contributed by atoms with E-state index in [1.807, 2.05) is 24.3 Å². The van der Waals surface area contributed by atoms with Crippen LogP contribution in [0.3, 0.4) is 0 Å².